The number of rotatable bonds is 4. The summed E-state index contributed by atoms with van der Waals surface area (Å²) in [5.74, 6) is 1.04. The molecule has 0 aliphatic rings. The fourth-order valence-corrected chi connectivity index (χ4v) is 1.34. The molecule has 2 N–H and O–H groups in total. The summed E-state index contributed by atoms with van der Waals surface area (Å²) in [5, 5.41) is 3.86. The molecule has 0 fully saturated rings. The van der Waals surface area contributed by atoms with E-state index in [1.807, 2.05) is 24.3 Å². The molecule has 0 saturated carbocycles. The summed E-state index contributed by atoms with van der Waals surface area (Å²) in [6.07, 6.45) is 0. The molecule has 0 bridgehead atoms. The molecule has 0 aliphatic heterocycles. The summed E-state index contributed by atoms with van der Waals surface area (Å²) in [7, 11) is 1.58. The Hall–Kier alpha value is -1.72. The molecule has 2 rings (SSSR count). The Kier molecular flexibility index (Phi) is 3.28. The highest BCUT2D eigenvalue weighted by molar-refractivity contribution is 5.54. The number of nitrogens with zero attached hydrogens (tertiary/aromatic N) is 2. The van der Waals surface area contributed by atoms with Gasteiger partial charge in [-0.3, -0.25) is 0 Å². The molecule has 0 amide bonds. The highest BCUT2D eigenvalue weighted by atomic mass is 16.5. The Labute approximate surface area is 93.2 Å². The molecule has 2 aromatic rings. The minimum atomic E-state index is 0.327. The lowest BCUT2D eigenvalue weighted by molar-refractivity contribution is 0.151. The van der Waals surface area contributed by atoms with Crippen LogP contribution in [0.15, 0.2) is 28.8 Å². The van der Waals surface area contributed by atoms with Gasteiger partial charge in [-0.2, -0.15) is 4.98 Å². The molecule has 0 saturated heterocycles. The standard InChI is InChI=1S/C11H13N3O2/c1-15-7-10-13-11(14-16-10)9-4-2-8(6-12)3-5-9/h2-5H,6-7,12H2,1H3. The van der Waals surface area contributed by atoms with E-state index in [0.29, 0.717) is 24.9 Å². The molecule has 16 heavy (non-hydrogen) atoms. The Balaban J connectivity index is 2.21. The molecule has 5 nitrogen and oxygen atoms in total. The number of ether oxygens (including phenoxy) is 1. The van der Waals surface area contributed by atoms with Crippen molar-refractivity contribution < 1.29 is 9.26 Å². The van der Waals surface area contributed by atoms with Gasteiger partial charge in [0.1, 0.15) is 6.61 Å². The minimum Gasteiger partial charge on any atom is -0.375 e. The average molecular weight is 219 g/mol. The number of benzene rings is 1. The predicted octanol–water partition coefficient (Wildman–Crippen LogP) is 1.34. The van der Waals surface area contributed by atoms with E-state index in [4.69, 9.17) is 15.0 Å². The maximum atomic E-state index is 5.52. The summed E-state index contributed by atoms with van der Waals surface area (Å²) >= 11 is 0. The van der Waals surface area contributed by atoms with E-state index in [1.54, 1.807) is 7.11 Å². The van der Waals surface area contributed by atoms with E-state index in [9.17, 15) is 0 Å². The summed E-state index contributed by atoms with van der Waals surface area (Å²) < 4.78 is 9.91. The van der Waals surface area contributed by atoms with Crippen molar-refractivity contribution in [3.63, 3.8) is 0 Å². The van der Waals surface area contributed by atoms with Crippen LogP contribution < -0.4 is 5.73 Å². The van der Waals surface area contributed by atoms with Crippen LogP contribution in [0.3, 0.4) is 0 Å². The molecular weight excluding hydrogens is 206 g/mol. The van der Waals surface area contributed by atoms with E-state index < -0.39 is 0 Å². The van der Waals surface area contributed by atoms with Gasteiger partial charge in [-0.05, 0) is 5.56 Å². The van der Waals surface area contributed by atoms with E-state index in [2.05, 4.69) is 10.1 Å². The monoisotopic (exact) mass is 219 g/mol. The van der Waals surface area contributed by atoms with Crippen molar-refractivity contribution in [2.24, 2.45) is 5.73 Å². The third-order valence-corrected chi connectivity index (χ3v) is 2.18. The van der Waals surface area contributed by atoms with Gasteiger partial charge < -0.3 is 15.0 Å². The van der Waals surface area contributed by atoms with Crippen LogP contribution in [0, 0.1) is 0 Å². The van der Waals surface area contributed by atoms with Gasteiger partial charge in [0.15, 0.2) is 0 Å². The van der Waals surface area contributed by atoms with E-state index in [0.717, 1.165) is 11.1 Å². The average Bonchev–Trinajstić information content (AvgIpc) is 2.78. The molecule has 0 spiro atoms. The lowest BCUT2D eigenvalue weighted by Crippen LogP contribution is -1.95. The SMILES string of the molecule is COCc1nc(-c2ccc(CN)cc2)no1. The zero-order valence-electron chi connectivity index (χ0n) is 9.01. The number of hydrogen-bond acceptors (Lipinski definition) is 5. The van der Waals surface area contributed by atoms with E-state index >= 15 is 0 Å². The van der Waals surface area contributed by atoms with Crippen molar-refractivity contribution in [3.8, 4) is 11.4 Å². The van der Waals surface area contributed by atoms with Crippen molar-refractivity contribution in [1.29, 1.82) is 0 Å². The molecule has 1 heterocycles. The number of aromatic nitrogens is 2. The van der Waals surface area contributed by atoms with Crippen molar-refractivity contribution in [1.82, 2.24) is 10.1 Å². The van der Waals surface area contributed by atoms with E-state index in [-0.39, 0.29) is 0 Å². The number of methoxy groups -OCH3 is 1. The minimum absolute atomic E-state index is 0.327. The zero-order chi connectivity index (χ0) is 11.4. The summed E-state index contributed by atoms with van der Waals surface area (Å²) in [6.45, 7) is 0.856. The lowest BCUT2D eigenvalue weighted by Gasteiger charge is -1.97. The van der Waals surface area contributed by atoms with Crippen LogP contribution in [-0.2, 0) is 17.9 Å². The number of nitrogens with two attached hydrogens (primary N) is 1. The van der Waals surface area contributed by atoms with Gasteiger partial charge in [-0.15, -0.1) is 0 Å². The quantitative estimate of drug-likeness (QED) is 0.839. The second kappa shape index (κ2) is 4.87. The Morgan fingerprint density at radius 3 is 2.69 bits per heavy atom. The van der Waals surface area contributed by atoms with Crippen molar-refractivity contribution in [2.75, 3.05) is 7.11 Å². The Morgan fingerprint density at radius 1 is 1.31 bits per heavy atom. The van der Waals surface area contributed by atoms with Gasteiger partial charge in [0.2, 0.25) is 5.82 Å². The molecule has 1 aromatic heterocycles. The summed E-state index contributed by atoms with van der Waals surface area (Å²) in [4.78, 5) is 4.19. The second-order valence-electron chi connectivity index (χ2n) is 3.35. The molecule has 0 radical (unpaired) electrons. The normalized spacial score (nSPS) is 10.6. The first-order valence-corrected chi connectivity index (χ1v) is 4.94. The van der Waals surface area contributed by atoms with Gasteiger partial charge in [-0.1, -0.05) is 29.4 Å². The maximum Gasteiger partial charge on any atom is 0.252 e. The van der Waals surface area contributed by atoms with E-state index in [1.165, 1.54) is 0 Å². The van der Waals surface area contributed by atoms with Crippen LogP contribution >= 0.6 is 0 Å². The first kappa shape index (κ1) is 10.8. The van der Waals surface area contributed by atoms with Crippen molar-refractivity contribution >= 4 is 0 Å². The van der Waals surface area contributed by atoms with Crippen LogP contribution in [0.5, 0.6) is 0 Å². The molecular formula is C11H13N3O2. The van der Waals surface area contributed by atoms with Crippen LogP contribution in [-0.4, -0.2) is 17.3 Å². The maximum absolute atomic E-state index is 5.52. The topological polar surface area (TPSA) is 74.2 Å². The number of hydrogen-bond donors (Lipinski definition) is 1. The molecule has 5 heteroatoms. The smallest absolute Gasteiger partial charge is 0.252 e. The fourth-order valence-electron chi connectivity index (χ4n) is 1.34. The van der Waals surface area contributed by atoms with Crippen LogP contribution in [0.1, 0.15) is 11.5 Å². The molecule has 0 atom stereocenters. The van der Waals surface area contributed by atoms with Gasteiger partial charge in [-0.25, -0.2) is 0 Å². The van der Waals surface area contributed by atoms with Gasteiger partial charge in [0.05, 0.1) is 0 Å². The van der Waals surface area contributed by atoms with Gasteiger partial charge >= 0.3 is 0 Å². The third kappa shape index (κ3) is 2.26. The first-order valence-electron chi connectivity index (χ1n) is 4.94. The zero-order valence-corrected chi connectivity index (χ0v) is 9.01. The molecule has 0 aliphatic carbocycles. The molecule has 1 aromatic carbocycles. The Bertz CT molecular complexity index is 451. The second-order valence-corrected chi connectivity index (χ2v) is 3.35. The van der Waals surface area contributed by atoms with Crippen molar-refractivity contribution in [2.45, 2.75) is 13.2 Å². The highest BCUT2D eigenvalue weighted by Gasteiger charge is 2.07. The summed E-state index contributed by atoms with van der Waals surface area (Å²) in [5.41, 5.74) is 7.50. The highest BCUT2D eigenvalue weighted by Crippen LogP contribution is 2.16. The largest absolute Gasteiger partial charge is 0.375 e. The lowest BCUT2D eigenvalue weighted by atomic mass is 10.1. The molecule has 0 unspecified atom stereocenters. The van der Waals surface area contributed by atoms with Gasteiger partial charge in [0, 0.05) is 19.2 Å². The third-order valence-electron chi connectivity index (χ3n) is 2.18. The van der Waals surface area contributed by atoms with Crippen LogP contribution in [0.2, 0.25) is 0 Å². The van der Waals surface area contributed by atoms with Gasteiger partial charge in [0.25, 0.3) is 5.89 Å². The molecule has 84 valence electrons. The predicted molar refractivity (Wildman–Crippen MR) is 58.3 cm³/mol. The van der Waals surface area contributed by atoms with Crippen LogP contribution in [0.25, 0.3) is 11.4 Å². The van der Waals surface area contributed by atoms with Crippen LogP contribution in [0.4, 0.5) is 0 Å². The van der Waals surface area contributed by atoms with Crippen molar-refractivity contribution in [3.05, 3.63) is 35.7 Å². The summed E-state index contributed by atoms with van der Waals surface area (Å²) in [6, 6.07) is 7.73. The Morgan fingerprint density at radius 2 is 2.06 bits per heavy atom. The fraction of sp³-hybridized carbons (Fsp3) is 0.273. The first-order chi connectivity index (χ1) is 7.83.